The fourth-order valence-electron chi connectivity index (χ4n) is 10.1. The maximum atomic E-state index is 16.4. The van der Waals surface area contributed by atoms with Crippen LogP contribution in [0.4, 0.5) is 8.78 Å². The Morgan fingerprint density at radius 2 is 1.83 bits per heavy atom. The molecule has 3 aliphatic rings. The van der Waals surface area contributed by atoms with Crippen LogP contribution in [0, 0.1) is 11.3 Å². The van der Waals surface area contributed by atoms with Gasteiger partial charge in [-0.2, -0.15) is 0 Å². The van der Waals surface area contributed by atoms with E-state index in [2.05, 4.69) is 67.4 Å². The molecule has 1 aromatic heterocycles. The van der Waals surface area contributed by atoms with Gasteiger partial charge in [0.1, 0.15) is 23.9 Å². The third-order valence-electron chi connectivity index (χ3n) is 13.7. The molecule has 2 aromatic carbocycles. The number of fused-ring (bicyclic) bond motifs is 6. The number of benzene rings is 2. The zero-order valence-electron chi connectivity index (χ0n) is 41.6. The van der Waals surface area contributed by atoms with Gasteiger partial charge in [0.15, 0.2) is 6.17 Å². The van der Waals surface area contributed by atoms with E-state index >= 15 is 8.78 Å². The number of halogens is 2. The van der Waals surface area contributed by atoms with E-state index in [1.54, 1.807) is 27.2 Å². The average Bonchev–Trinajstić information content (AvgIpc) is 3.81. The first kappa shape index (κ1) is 52.5. The van der Waals surface area contributed by atoms with Crippen LogP contribution < -0.4 is 10.7 Å². The summed E-state index contributed by atoms with van der Waals surface area (Å²) in [6.07, 6.45) is 3.98. The van der Waals surface area contributed by atoms with Crippen LogP contribution in [0.15, 0.2) is 78.5 Å². The van der Waals surface area contributed by atoms with Gasteiger partial charge in [-0.05, 0) is 91.8 Å². The quantitative estimate of drug-likeness (QED) is 0.0842. The average molecular weight is 954 g/mol. The van der Waals surface area contributed by atoms with Gasteiger partial charge in [-0.3, -0.25) is 29.2 Å². The first-order valence-electron chi connectivity index (χ1n) is 23.8. The number of hydrogen-bond donors (Lipinski definition) is 2. The monoisotopic (exact) mass is 954 g/mol. The molecule has 6 bridgehead atoms. The fraction of sp³-hybridized carbons (Fsp3) is 0.509. The van der Waals surface area contributed by atoms with Crippen molar-refractivity contribution in [2.24, 2.45) is 16.3 Å². The summed E-state index contributed by atoms with van der Waals surface area (Å²) in [7, 11) is 2.87. The topological polar surface area (TPSA) is 155 Å². The molecule has 372 valence electrons. The molecular weight excluding hydrogens is 885 g/mol. The number of likely N-dealkylation sites (N-methyl/N-ethyl adjacent to an activating group) is 1. The predicted octanol–water partition coefficient (Wildman–Crippen LogP) is 6.60. The number of aliphatic imine (C=N–C) groups is 1. The summed E-state index contributed by atoms with van der Waals surface area (Å²) in [5.74, 6) is -3.97. The number of ether oxygens (including phenoxy) is 2. The summed E-state index contributed by atoms with van der Waals surface area (Å²) in [5.41, 5.74) is 5.39. The van der Waals surface area contributed by atoms with Gasteiger partial charge in [-0.25, -0.2) is 14.2 Å². The van der Waals surface area contributed by atoms with Crippen molar-refractivity contribution in [2.45, 2.75) is 116 Å². The number of nitrogens with one attached hydrogen (secondary N) is 2. The number of allylic oxidation sites excluding steroid dienone is 2. The first-order valence-corrected chi connectivity index (χ1v) is 23.8. The molecule has 3 aliphatic heterocycles. The Balaban J connectivity index is 1.47. The number of methoxy groups -OCH3 is 1. The Bertz CT molecular complexity index is 2530. The van der Waals surface area contributed by atoms with Gasteiger partial charge in [0.05, 0.1) is 43.8 Å². The Labute approximate surface area is 404 Å². The molecule has 16 heteroatoms. The number of hydrogen-bond acceptors (Lipinski definition) is 9. The van der Waals surface area contributed by atoms with E-state index in [1.165, 1.54) is 12.1 Å². The lowest BCUT2D eigenvalue weighted by atomic mass is 9.83. The second-order valence-electron chi connectivity index (χ2n) is 19.7. The Kier molecular flexibility index (Phi) is 16.3. The highest BCUT2D eigenvalue weighted by molar-refractivity contribution is 5.97. The summed E-state index contributed by atoms with van der Waals surface area (Å²) in [6, 6.07) is 11.4. The molecule has 3 aromatic rings. The van der Waals surface area contributed by atoms with Crippen LogP contribution in [-0.2, 0) is 52.8 Å². The van der Waals surface area contributed by atoms with Crippen molar-refractivity contribution in [3.05, 3.63) is 90.3 Å². The number of carbonyl (C=O) groups excluding carboxylic acids is 5. The molecule has 2 saturated heterocycles. The molecule has 2 fully saturated rings. The number of aryl methyl sites for hydroxylation is 1. The van der Waals surface area contributed by atoms with E-state index in [1.807, 2.05) is 44.2 Å². The van der Waals surface area contributed by atoms with Crippen LogP contribution in [-0.4, -0.2) is 138 Å². The van der Waals surface area contributed by atoms with E-state index < -0.39 is 77.5 Å². The molecule has 14 nitrogen and oxygen atoms in total. The maximum Gasteiger partial charge on any atom is 0.265 e. The Morgan fingerprint density at radius 1 is 1.10 bits per heavy atom. The van der Waals surface area contributed by atoms with Crippen molar-refractivity contribution in [1.82, 2.24) is 30.1 Å². The highest BCUT2D eigenvalue weighted by Crippen LogP contribution is 2.41. The number of amides is 4. The Morgan fingerprint density at radius 3 is 2.46 bits per heavy atom. The van der Waals surface area contributed by atoms with Crippen molar-refractivity contribution >= 4 is 52.6 Å². The van der Waals surface area contributed by atoms with E-state index in [0.29, 0.717) is 31.4 Å². The summed E-state index contributed by atoms with van der Waals surface area (Å²) >= 11 is 0. The van der Waals surface area contributed by atoms with Crippen LogP contribution in [0.5, 0.6) is 0 Å². The number of carbonyl (C=O) groups is 5. The minimum absolute atomic E-state index is 0.00811. The van der Waals surface area contributed by atoms with Crippen molar-refractivity contribution < 1.29 is 42.2 Å². The zero-order chi connectivity index (χ0) is 50.6. The van der Waals surface area contributed by atoms with Crippen LogP contribution in [0.25, 0.3) is 27.6 Å². The third-order valence-corrected chi connectivity index (χ3v) is 13.7. The van der Waals surface area contributed by atoms with Gasteiger partial charge in [0.2, 0.25) is 17.5 Å². The highest BCUT2D eigenvalue weighted by Gasteiger charge is 2.57. The zero-order valence-corrected chi connectivity index (χ0v) is 41.6. The lowest BCUT2D eigenvalue weighted by molar-refractivity contribution is -0.153. The van der Waals surface area contributed by atoms with Gasteiger partial charge in [-0.1, -0.05) is 77.3 Å². The number of rotatable bonds is 13. The molecule has 2 N–H and O–H groups in total. The molecule has 4 amide bonds. The number of nitrogens with zero attached hydrogens (tertiary/aromatic N) is 5. The first-order chi connectivity index (χ1) is 32.7. The molecule has 6 rings (SSSR count). The van der Waals surface area contributed by atoms with Crippen LogP contribution >= 0.6 is 0 Å². The molecule has 6 atom stereocenters. The standard InChI is InChI=1S/C53H69F2N7O7/c1-12-38(45(56-14-3)34(7)68-11)47-40-27-51(8,9)31-69-32-52(30-63)22-17-23-62(58-52)49(66)41(25-35-18-16-19-36(24-35)37-20-21-42(39(40)26-37)61(47)15-4)57-48(65)46(33(5)6)59(10)50(67)53(55)29-60(28-43(53)54)44(64)13-2/h12-14,16,18-21,24,26,30,33-34,41,43,46,58H,1-2,15,17,22-23,25,27-29,31-32H2,3-11H3,(H,57,65)/b45-38+,56-14-/t34-,41-,43-,46-,52-,53-/m0/s1. The van der Waals surface area contributed by atoms with Crippen molar-refractivity contribution in [3.8, 4) is 11.1 Å². The maximum absolute atomic E-state index is 16.4. The highest BCUT2D eigenvalue weighted by atomic mass is 19.2. The van der Waals surface area contributed by atoms with Gasteiger partial charge in [0.25, 0.3) is 11.8 Å². The van der Waals surface area contributed by atoms with E-state index in [9.17, 15) is 24.0 Å². The molecule has 4 heterocycles. The summed E-state index contributed by atoms with van der Waals surface area (Å²) in [6.45, 7) is 20.7. The summed E-state index contributed by atoms with van der Waals surface area (Å²) in [4.78, 5) is 75.1. The van der Waals surface area contributed by atoms with Gasteiger partial charge in [0, 0.05) is 56.4 Å². The fourth-order valence-corrected chi connectivity index (χ4v) is 10.1. The lowest BCUT2D eigenvalue weighted by Gasteiger charge is -2.42. The molecule has 0 saturated carbocycles. The molecule has 0 unspecified atom stereocenters. The van der Waals surface area contributed by atoms with E-state index in [0.717, 1.165) is 66.7 Å². The normalized spacial score (nSPS) is 24.4. The van der Waals surface area contributed by atoms with Crippen molar-refractivity contribution in [2.75, 3.05) is 47.0 Å². The number of alkyl halides is 2. The number of likely N-dealkylation sites (tertiary alicyclic amines) is 1. The lowest BCUT2D eigenvalue weighted by Crippen LogP contribution is -2.67. The SMILES string of the molecule is C=CC(=O)N1C[C@H](F)[C@](F)(C(=O)N(C)[C@H](C(=O)N[C@H]2Cc3cccc(c3)-c3ccc4c(c3)c(c(/C(C=C)=C(/N=C\C)[C@H](C)OC)n4CC)CC(C)(C)COC[C@@]3(C=O)CCCN(N3)C2=O)C(C)C)C1. The second kappa shape index (κ2) is 21.4. The second-order valence-corrected chi connectivity index (χ2v) is 19.7. The summed E-state index contributed by atoms with van der Waals surface area (Å²) < 4.78 is 46.3. The largest absolute Gasteiger partial charge is 0.378 e. The van der Waals surface area contributed by atoms with Crippen LogP contribution in [0.2, 0.25) is 0 Å². The number of aldehydes is 1. The van der Waals surface area contributed by atoms with E-state index in [-0.39, 0.29) is 32.3 Å². The molecule has 0 spiro atoms. The van der Waals surface area contributed by atoms with Gasteiger partial charge >= 0.3 is 0 Å². The van der Waals surface area contributed by atoms with Gasteiger partial charge in [-0.15, -0.1) is 0 Å². The van der Waals surface area contributed by atoms with Gasteiger partial charge < -0.3 is 34.0 Å². The summed E-state index contributed by atoms with van der Waals surface area (Å²) in [5, 5.41) is 5.25. The van der Waals surface area contributed by atoms with Crippen LogP contribution in [0.3, 0.4) is 0 Å². The molecular formula is C53H69F2N7O7. The molecule has 0 radical (unpaired) electrons. The van der Waals surface area contributed by atoms with Crippen LogP contribution in [0.1, 0.15) is 78.1 Å². The van der Waals surface area contributed by atoms with Crippen molar-refractivity contribution in [3.63, 3.8) is 0 Å². The molecule has 69 heavy (non-hydrogen) atoms. The molecule has 0 aliphatic carbocycles. The van der Waals surface area contributed by atoms with Crippen molar-refractivity contribution in [1.29, 1.82) is 0 Å². The minimum Gasteiger partial charge on any atom is -0.378 e. The number of aromatic nitrogens is 1. The predicted molar refractivity (Wildman–Crippen MR) is 265 cm³/mol. The minimum atomic E-state index is -3.12. The smallest absolute Gasteiger partial charge is 0.265 e. The third kappa shape index (κ3) is 10.7. The Hall–Kier alpha value is -5.84. The number of hydrazine groups is 1. The van der Waals surface area contributed by atoms with E-state index in [4.69, 9.17) is 14.5 Å².